The van der Waals surface area contributed by atoms with Gasteiger partial charge in [-0.25, -0.2) is 4.79 Å². The molecular formula is C28H39N5O3. The van der Waals surface area contributed by atoms with E-state index in [1.165, 1.54) is 0 Å². The van der Waals surface area contributed by atoms with Crippen LogP contribution in [0, 0.1) is 6.92 Å². The van der Waals surface area contributed by atoms with E-state index in [2.05, 4.69) is 27.3 Å². The molecule has 36 heavy (non-hydrogen) atoms. The minimum absolute atomic E-state index is 0.0640. The number of pyridine rings is 1. The number of carbonyl (C=O) groups excluding carboxylic acids is 2. The molecule has 0 atom stereocenters. The number of aryl methyl sites for hydroxylation is 1. The second-order valence-electron chi connectivity index (χ2n) is 10.4. The maximum Gasteiger partial charge on any atom is 0.407 e. The molecule has 1 N–H and O–H groups in total. The Morgan fingerprint density at radius 3 is 2.50 bits per heavy atom. The first-order valence-corrected chi connectivity index (χ1v) is 12.4. The summed E-state index contributed by atoms with van der Waals surface area (Å²) in [6.45, 7) is 11.6. The van der Waals surface area contributed by atoms with Crippen LogP contribution in [-0.4, -0.2) is 79.2 Å². The van der Waals surface area contributed by atoms with Gasteiger partial charge in [-0.05, 0) is 64.5 Å². The number of rotatable bonds is 7. The fraction of sp³-hybridized carbons (Fsp3) is 0.464. The molecular weight excluding hydrogens is 454 g/mol. The van der Waals surface area contributed by atoms with Gasteiger partial charge < -0.3 is 24.8 Å². The van der Waals surface area contributed by atoms with Gasteiger partial charge >= 0.3 is 6.09 Å². The van der Waals surface area contributed by atoms with E-state index in [1.807, 2.05) is 82.2 Å². The molecule has 0 unspecified atom stereocenters. The highest BCUT2D eigenvalue weighted by atomic mass is 16.6. The molecule has 0 saturated carbocycles. The highest BCUT2D eigenvalue weighted by Gasteiger charge is 2.22. The van der Waals surface area contributed by atoms with Gasteiger partial charge in [0, 0.05) is 57.1 Å². The molecule has 1 aliphatic heterocycles. The van der Waals surface area contributed by atoms with Crippen LogP contribution in [0.2, 0.25) is 0 Å². The Morgan fingerprint density at radius 2 is 1.86 bits per heavy atom. The number of carbonyl (C=O) groups is 2. The summed E-state index contributed by atoms with van der Waals surface area (Å²) < 4.78 is 5.33. The Kier molecular flexibility index (Phi) is 9.09. The molecule has 194 valence electrons. The first-order valence-electron chi connectivity index (χ1n) is 12.4. The number of hydrogen-bond donors (Lipinski definition) is 1. The fourth-order valence-electron chi connectivity index (χ4n) is 4.06. The molecule has 1 fully saturated rings. The summed E-state index contributed by atoms with van der Waals surface area (Å²) >= 11 is 0. The lowest BCUT2D eigenvalue weighted by Crippen LogP contribution is -2.48. The number of aromatic nitrogens is 1. The predicted octanol–water partition coefficient (Wildman–Crippen LogP) is 3.85. The van der Waals surface area contributed by atoms with Gasteiger partial charge in [0.05, 0.1) is 11.9 Å². The van der Waals surface area contributed by atoms with Crippen molar-refractivity contribution in [2.75, 3.05) is 51.7 Å². The van der Waals surface area contributed by atoms with Crippen LogP contribution in [0.5, 0.6) is 0 Å². The molecule has 1 aliphatic rings. The largest absolute Gasteiger partial charge is 0.444 e. The summed E-state index contributed by atoms with van der Waals surface area (Å²) in [7, 11) is 3.96. The van der Waals surface area contributed by atoms with Crippen LogP contribution >= 0.6 is 0 Å². The first-order chi connectivity index (χ1) is 17.0. The Morgan fingerprint density at radius 1 is 1.14 bits per heavy atom. The van der Waals surface area contributed by atoms with Crippen LogP contribution in [0.1, 0.15) is 31.9 Å². The normalized spacial score (nSPS) is 14.4. The van der Waals surface area contributed by atoms with Crippen molar-refractivity contribution in [2.45, 2.75) is 39.8 Å². The first kappa shape index (κ1) is 27.2. The van der Waals surface area contributed by atoms with E-state index in [4.69, 9.17) is 4.74 Å². The van der Waals surface area contributed by atoms with Gasteiger partial charge in [-0.2, -0.15) is 0 Å². The van der Waals surface area contributed by atoms with E-state index in [0.29, 0.717) is 19.6 Å². The van der Waals surface area contributed by atoms with Crippen molar-refractivity contribution < 1.29 is 14.3 Å². The number of amides is 2. The molecule has 1 aromatic heterocycles. The van der Waals surface area contributed by atoms with E-state index >= 15 is 0 Å². The van der Waals surface area contributed by atoms with Gasteiger partial charge in [0.1, 0.15) is 5.60 Å². The standard InChI is InChI=1S/C28H39N5O3/c1-21-18-22(9-10-23(21)19-30-27(35)36-28(2,3)4)24-11-12-29-20-25(24)32-14-16-33(17-15-32)26(34)8-7-13-31(5)6/h7-12,18,20H,13-17,19H2,1-6H3,(H,30,35)/b8-7+. The zero-order valence-corrected chi connectivity index (χ0v) is 22.4. The fourth-order valence-corrected chi connectivity index (χ4v) is 4.06. The molecule has 2 heterocycles. The van der Waals surface area contributed by atoms with Gasteiger partial charge in [0.25, 0.3) is 0 Å². The highest BCUT2D eigenvalue weighted by Crippen LogP contribution is 2.32. The lowest BCUT2D eigenvalue weighted by molar-refractivity contribution is -0.126. The van der Waals surface area contributed by atoms with Gasteiger partial charge in [-0.3, -0.25) is 9.78 Å². The van der Waals surface area contributed by atoms with Crippen molar-refractivity contribution in [1.29, 1.82) is 0 Å². The summed E-state index contributed by atoms with van der Waals surface area (Å²) in [6, 6.07) is 8.29. The maximum atomic E-state index is 12.5. The summed E-state index contributed by atoms with van der Waals surface area (Å²) in [5.41, 5.74) is 4.86. The number of likely N-dealkylation sites (N-methyl/N-ethyl adjacent to an activating group) is 1. The van der Waals surface area contributed by atoms with Crippen LogP contribution in [0.4, 0.5) is 10.5 Å². The monoisotopic (exact) mass is 493 g/mol. The average Bonchev–Trinajstić information content (AvgIpc) is 2.82. The van der Waals surface area contributed by atoms with Gasteiger partial charge in [-0.15, -0.1) is 0 Å². The van der Waals surface area contributed by atoms with Crippen molar-refractivity contribution in [3.63, 3.8) is 0 Å². The second-order valence-corrected chi connectivity index (χ2v) is 10.4. The number of anilines is 1. The molecule has 0 radical (unpaired) electrons. The van der Waals surface area contributed by atoms with E-state index in [0.717, 1.165) is 47.6 Å². The van der Waals surface area contributed by atoms with Crippen LogP contribution in [0.15, 0.2) is 48.8 Å². The lowest BCUT2D eigenvalue weighted by atomic mass is 9.99. The molecule has 1 aromatic carbocycles. The summed E-state index contributed by atoms with van der Waals surface area (Å²) in [4.78, 5) is 35.1. The molecule has 0 aliphatic carbocycles. The topological polar surface area (TPSA) is 78.0 Å². The molecule has 0 spiro atoms. The zero-order valence-electron chi connectivity index (χ0n) is 22.4. The van der Waals surface area contributed by atoms with E-state index in [9.17, 15) is 9.59 Å². The number of nitrogens with one attached hydrogen (secondary N) is 1. The maximum absolute atomic E-state index is 12.5. The quantitative estimate of drug-likeness (QED) is 0.591. The number of alkyl carbamates (subject to hydrolysis) is 1. The molecule has 1 saturated heterocycles. The smallest absolute Gasteiger partial charge is 0.407 e. The van der Waals surface area contributed by atoms with Gasteiger partial charge in [0.15, 0.2) is 0 Å². The molecule has 2 aromatic rings. The molecule has 2 amide bonds. The van der Waals surface area contributed by atoms with Crippen LogP contribution in [0.25, 0.3) is 11.1 Å². The predicted molar refractivity (Wildman–Crippen MR) is 144 cm³/mol. The summed E-state index contributed by atoms with van der Waals surface area (Å²) in [5, 5.41) is 2.83. The third-order valence-corrected chi connectivity index (χ3v) is 5.94. The van der Waals surface area contributed by atoms with Crippen molar-refractivity contribution in [2.24, 2.45) is 0 Å². The highest BCUT2D eigenvalue weighted by molar-refractivity contribution is 5.88. The van der Waals surface area contributed by atoms with Crippen LogP contribution < -0.4 is 10.2 Å². The molecule has 0 bridgehead atoms. The van der Waals surface area contributed by atoms with E-state index in [1.54, 1.807) is 6.08 Å². The zero-order chi connectivity index (χ0) is 26.3. The SMILES string of the molecule is Cc1cc(-c2ccncc2N2CCN(C(=O)/C=C/CN(C)C)CC2)ccc1CNC(=O)OC(C)(C)C. The number of nitrogens with zero attached hydrogens (tertiary/aromatic N) is 4. The number of benzene rings is 1. The Bertz CT molecular complexity index is 1080. The molecule has 8 nitrogen and oxygen atoms in total. The minimum atomic E-state index is -0.526. The van der Waals surface area contributed by atoms with Crippen molar-refractivity contribution in [3.8, 4) is 11.1 Å². The Labute approximate surface area is 214 Å². The summed E-state index contributed by atoms with van der Waals surface area (Å²) in [6.07, 6.45) is 6.86. The number of piperazine rings is 1. The van der Waals surface area contributed by atoms with Crippen molar-refractivity contribution >= 4 is 17.7 Å². The van der Waals surface area contributed by atoms with Crippen molar-refractivity contribution in [3.05, 3.63) is 59.9 Å². The van der Waals surface area contributed by atoms with Crippen molar-refractivity contribution in [1.82, 2.24) is 20.1 Å². The minimum Gasteiger partial charge on any atom is -0.444 e. The van der Waals surface area contributed by atoms with Crippen LogP contribution in [0.3, 0.4) is 0 Å². The average molecular weight is 494 g/mol. The lowest BCUT2D eigenvalue weighted by Gasteiger charge is -2.36. The number of ether oxygens (including phenoxy) is 1. The Balaban J connectivity index is 1.66. The summed E-state index contributed by atoms with van der Waals surface area (Å²) in [5.74, 6) is 0.0640. The van der Waals surface area contributed by atoms with E-state index < -0.39 is 11.7 Å². The third kappa shape index (κ3) is 7.81. The third-order valence-electron chi connectivity index (χ3n) is 5.94. The Hall–Kier alpha value is -3.39. The number of hydrogen-bond acceptors (Lipinski definition) is 6. The molecule has 3 rings (SSSR count). The van der Waals surface area contributed by atoms with Crippen LogP contribution in [-0.2, 0) is 16.1 Å². The van der Waals surface area contributed by atoms with Gasteiger partial charge in [-0.1, -0.05) is 24.3 Å². The van der Waals surface area contributed by atoms with E-state index in [-0.39, 0.29) is 5.91 Å². The second kappa shape index (κ2) is 12.0. The molecule has 8 heteroatoms. The van der Waals surface area contributed by atoms with Gasteiger partial charge in [0.2, 0.25) is 5.91 Å².